The van der Waals surface area contributed by atoms with E-state index in [1.54, 1.807) is 6.92 Å². The quantitative estimate of drug-likeness (QED) is 0.670. The summed E-state index contributed by atoms with van der Waals surface area (Å²) in [5.41, 5.74) is 5.52. The van der Waals surface area contributed by atoms with E-state index in [1.807, 2.05) is 0 Å². The summed E-state index contributed by atoms with van der Waals surface area (Å²) < 4.78 is 25.8. The molecule has 0 bridgehead atoms. The van der Waals surface area contributed by atoms with Crippen LogP contribution < -0.4 is 11.1 Å². The summed E-state index contributed by atoms with van der Waals surface area (Å²) in [4.78, 5) is 0. The Labute approximate surface area is 86.9 Å². The molecule has 0 spiro atoms. The Kier molecular flexibility index (Phi) is 3.85. The van der Waals surface area contributed by atoms with Crippen LogP contribution in [0.3, 0.4) is 0 Å². The minimum Gasteiger partial charge on any atom is -0.396 e. The van der Waals surface area contributed by atoms with Crippen molar-refractivity contribution in [2.75, 3.05) is 24.2 Å². The highest BCUT2D eigenvalue weighted by molar-refractivity contribution is 5.66. The number of anilines is 2. The van der Waals surface area contributed by atoms with Gasteiger partial charge in [0.15, 0.2) is 5.82 Å². The molecule has 1 atom stereocenters. The molecule has 0 fully saturated rings. The van der Waals surface area contributed by atoms with Gasteiger partial charge in [0.05, 0.1) is 11.4 Å². The normalized spacial score (nSPS) is 12.5. The molecule has 4 N–H and O–H groups in total. The van der Waals surface area contributed by atoms with Gasteiger partial charge < -0.3 is 16.2 Å². The Balaban J connectivity index is 2.76. The number of nitrogen functional groups attached to an aromatic ring is 1. The van der Waals surface area contributed by atoms with E-state index >= 15 is 0 Å². The third kappa shape index (κ3) is 3.06. The fourth-order valence-corrected chi connectivity index (χ4v) is 1.08. The number of halogens is 2. The summed E-state index contributed by atoms with van der Waals surface area (Å²) >= 11 is 0. The van der Waals surface area contributed by atoms with Crippen molar-refractivity contribution in [3.8, 4) is 0 Å². The Morgan fingerprint density at radius 2 is 2.13 bits per heavy atom. The van der Waals surface area contributed by atoms with Gasteiger partial charge in [0.2, 0.25) is 0 Å². The first-order valence-corrected chi connectivity index (χ1v) is 4.63. The maximum Gasteiger partial charge on any atom is 0.151 e. The maximum atomic E-state index is 13.0. The number of hydrogen-bond donors (Lipinski definition) is 3. The van der Waals surface area contributed by atoms with Gasteiger partial charge in [-0.05, 0) is 12.0 Å². The topological polar surface area (TPSA) is 58.3 Å². The van der Waals surface area contributed by atoms with Gasteiger partial charge in [0, 0.05) is 19.2 Å². The standard InChI is InChI=1S/C10H14F2N2O/c1-6(5-15)4-14-9-3-7(11)2-8(12)10(9)13/h2-3,6,14-15H,4-5,13H2,1H3. The van der Waals surface area contributed by atoms with Crippen LogP contribution in [0.15, 0.2) is 12.1 Å². The van der Waals surface area contributed by atoms with Crippen LogP contribution in [0.2, 0.25) is 0 Å². The summed E-state index contributed by atoms with van der Waals surface area (Å²) in [5.74, 6) is -1.47. The third-order valence-electron chi connectivity index (χ3n) is 2.05. The van der Waals surface area contributed by atoms with E-state index in [9.17, 15) is 8.78 Å². The molecule has 0 aromatic heterocycles. The smallest absolute Gasteiger partial charge is 0.151 e. The number of benzene rings is 1. The van der Waals surface area contributed by atoms with Crippen LogP contribution in [0.25, 0.3) is 0 Å². The van der Waals surface area contributed by atoms with Gasteiger partial charge in [-0.15, -0.1) is 0 Å². The molecule has 0 aliphatic carbocycles. The van der Waals surface area contributed by atoms with Gasteiger partial charge >= 0.3 is 0 Å². The van der Waals surface area contributed by atoms with Crippen LogP contribution in [-0.2, 0) is 0 Å². The van der Waals surface area contributed by atoms with Gasteiger partial charge in [-0.1, -0.05) is 6.92 Å². The SMILES string of the molecule is CC(CO)CNc1cc(F)cc(F)c1N. The molecular formula is C10H14F2N2O. The van der Waals surface area contributed by atoms with Gasteiger partial charge in [0.25, 0.3) is 0 Å². The van der Waals surface area contributed by atoms with E-state index in [2.05, 4.69) is 5.32 Å². The van der Waals surface area contributed by atoms with E-state index in [0.717, 1.165) is 12.1 Å². The van der Waals surface area contributed by atoms with Crippen molar-refractivity contribution < 1.29 is 13.9 Å². The number of hydrogen-bond acceptors (Lipinski definition) is 3. The monoisotopic (exact) mass is 216 g/mol. The first-order valence-electron chi connectivity index (χ1n) is 4.63. The highest BCUT2D eigenvalue weighted by atomic mass is 19.1. The first-order chi connectivity index (χ1) is 7.04. The molecule has 0 radical (unpaired) electrons. The molecule has 1 rings (SSSR count). The van der Waals surface area contributed by atoms with Crippen LogP contribution in [-0.4, -0.2) is 18.3 Å². The lowest BCUT2D eigenvalue weighted by Gasteiger charge is -2.13. The van der Waals surface area contributed by atoms with Crippen molar-refractivity contribution >= 4 is 11.4 Å². The number of aliphatic hydroxyl groups excluding tert-OH is 1. The van der Waals surface area contributed by atoms with Gasteiger partial charge in [0.1, 0.15) is 5.82 Å². The van der Waals surface area contributed by atoms with Crippen LogP contribution in [0, 0.1) is 17.6 Å². The number of rotatable bonds is 4. The lowest BCUT2D eigenvalue weighted by molar-refractivity contribution is 0.244. The molecule has 5 heteroatoms. The van der Waals surface area contributed by atoms with Crippen molar-refractivity contribution in [3.63, 3.8) is 0 Å². The summed E-state index contributed by atoms with van der Waals surface area (Å²) in [6.07, 6.45) is 0. The Morgan fingerprint density at radius 1 is 1.47 bits per heavy atom. The van der Waals surface area contributed by atoms with Crippen molar-refractivity contribution in [3.05, 3.63) is 23.8 Å². The largest absolute Gasteiger partial charge is 0.396 e. The molecule has 0 saturated heterocycles. The van der Waals surface area contributed by atoms with Crippen molar-refractivity contribution in [1.29, 1.82) is 0 Å². The van der Waals surface area contributed by atoms with Crippen LogP contribution in [0.4, 0.5) is 20.2 Å². The second-order valence-electron chi connectivity index (χ2n) is 3.52. The van der Waals surface area contributed by atoms with Crippen LogP contribution in [0.5, 0.6) is 0 Å². The molecule has 0 heterocycles. The Hall–Kier alpha value is -1.36. The number of nitrogens with two attached hydrogens (primary N) is 1. The zero-order chi connectivity index (χ0) is 11.4. The van der Waals surface area contributed by atoms with E-state index in [-0.39, 0.29) is 23.9 Å². The minimum absolute atomic E-state index is 0.00396. The lowest BCUT2D eigenvalue weighted by Crippen LogP contribution is -2.15. The van der Waals surface area contributed by atoms with Gasteiger partial charge in [-0.25, -0.2) is 8.78 Å². The number of aliphatic hydroxyl groups is 1. The Morgan fingerprint density at radius 3 is 2.73 bits per heavy atom. The molecule has 0 amide bonds. The van der Waals surface area contributed by atoms with E-state index < -0.39 is 11.6 Å². The molecular weight excluding hydrogens is 202 g/mol. The van der Waals surface area contributed by atoms with E-state index in [0.29, 0.717) is 6.54 Å². The predicted molar refractivity (Wildman–Crippen MR) is 55.5 cm³/mol. The fraction of sp³-hybridized carbons (Fsp3) is 0.400. The van der Waals surface area contributed by atoms with Gasteiger partial charge in [-0.2, -0.15) is 0 Å². The highest BCUT2D eigenvalue weighted by Gasteiger charge is 2.08. The van der Waals surface area contributed by atoms with Crippen LogP contribution in [0.1, 0.15) is 6.92 Å². The second-order valence-corrected chi connectivity index (χ2v) is 3.52. The third-order valence-corrected chi connectivity index (χ3v) is 2.05. The molecule has 1 unspecified atom stereocenters. The summed E-state index contributed by atoms with van der Waals surface area (Å²) in [5, 5.41) is 11.6. The molecule has 0 aliphatic heterocycles. The number of nitrogens with one attached hydrogen (secondary N) is 1. The average Bonchev–Trinajstić information content (AvgIpc) is 2.20. The first kappa shape index (κ1) is 11.7. The lowest BCUT2D eigenvalue weighted by atomic mass is 10.2. The molecule has 15 heavy (non-hydrogen) atoms. The average molecular weight is 216 g/mol. The molecule has 0 aliphatic rings. The second kappa shape index (κ2) is 4.93. The molecule has 1 aromatic carbocycles. The highest BCUT2D eigenvalue weighted by Crippen LogP contribution is 2.23. The molecule has 1 aromatic rings. The van der Waals surface area contributed by atoms with Crippen molar-refractivity contribution in [2.24, 2.45) is 5.92 Å². The minimum atomic E-state index is -0.783. The predicted octanol–water partition coefficient (Wildman–Crippen LogP) is 1.59. The van der Waals surface area contributed by atoms with Crippen molar-refractivity contribution in [2.45, 2.75) is 6.92 Å². The van der Waals surface area contributed by atoms with Crippen LogP contribution >= 0.6 is 0 Å². The molecule has 3 nitrogen and oxygen atoms in total. The summed E-state index contributed by atoms with van der Waals surface area (Å²) in [6.45, 7) is 2.22. The molecule has 0 saturated carbocycles. The zero-order valence-electron chi connectivity index (χ0n) is 8.43. The molecule has 84 valence electrons. The fourth-order valence-electron chi connectivity index (χ4n) is 1.08. The maximum absolute atomic E-state index is 13.0. The Bertz CT molecular complexity index is 344. The zero-order valence-corrected chi connectivity index (χ0v) is 8.43. The van der Waals surface area contributed by atoms with Crippen molar-refractivity contribution in [1.82, 2.24) is 0 Å². The van der Waals surface area contributed by atoms with E-state index in [1.165, 1.54) is 0 Å². The summed E-state index contributed by atoms with van der Waals surface area (Å²) in [6, 6.07) is 1.86. The summed E-state index contributed by atoms with van der Waals surface area (Å²) in [7, 11) is 0. The van der Waals surface area contributed by atoms with Gasteiger partial charge in [-0.3, -0.25) is 0 Å². The van der Waals surface area contributed by atoms with E-state index in [4.69, 9.17) is 10.8 Å².